The van der Waals surface area contributed by atoms with Crippen LogP contribution in [0.1, 0.15) is 42.5 Å². The van der Waals surface area contributed by atoms with Crippen LogP contribution in [0.15, 0.2) is 4.42 Å². The van der Waals surface area contributed by atoms with Crippen LogP contribution < -0.4 is 4.90 Å². The van der Waals surface area contributed by atoms with E-state index in [4.69, 9.17) is 4.42 Å². The normalized spacial score (nSPS) is 11.7. The van der Waals surface area contributed by atoms with Crippen LogP contribution >= 0.6 is 0 Å². The van der Waals surface area contributed by atoms with Crippen LogP contribution in [0.4, 0.5) is 5.82 Å². The lowest BCUT2D eigenvalue weighted by Crippen LogP contribution is -2.32. The number of fused-ring (bicyclic) bond motifs is 1. The summed E-state index contributed by atoms with van der Waals surface area (Å²) in [6, 6.07) is 0.249. The second kappa shape index (κ2) is 5.89. The number of hydrogen-bond donors (Lipinski definition) is 0. The number of nitrogens with zero attached hydrogens (tertiary/aromatic N) is 6. The van der Waals surface area contributed by atoms with Gasteiger partial charge in [-0.2, -0.15) is 10.1 Å². The van der Waals surface area contributed by atoms with Crippen molar-refractivity contribution in [1.82, 2.24) is 24.7 Å². The van der Waals surface area contributed by atoms with Crippen LogP contribution in [0, 0.1) is 27.7 Å². The van der Waals surface area contributed by atoms with Crippen molar-refractivity contribution in [2.75, 3.05) is 4.90 Å². The van der Waals surface area contributed by atoms with Gasteiger partial charge < -0.3 is 9.32 Å². The van der Waals surface area contributed by atoms with Crippen molar-refractivity contribution in [3.63, 3.8) is 0 Å². The van der Waals surface area contributed by atoms with Gasteiger partial charge in [0.1, 0.15) is 5.82 Å². The Morgan fingerprint density at radius 2 is 1.79 bits per heavy atom. The van der Waals surface area contributed by atoms with Crippen LogP contribution in [-0.4, -0.2) is 30.8 Å². The molecular formula is C17H24N6O. The molecule has 0 saturated carbocycles. The van der Waals surface area contributed by atoms with Crippen LogP contribution in [0.5, 0.6) is 0 Å². The van der Waals surface area contributed by atoms with Gasteiger partial charge in [0.2, 0.25) is 0 Å². The van der Waals surface area contributed by atoms with Gasteiger partial charge in [0.05, 0.1) is 5.69 Å². The minimum absolute atomic E-state index is 0.249. The summed E-state index contributed by atoms with van der Waals surface area (Å²) in [7, 11) is 1.97. The molecule has 0 aliphatic rings. The van der Waals surface area contributed by atoms with Gasteiger partial charge in [-0.15, -0.1) is 0 Å². The van der Waals surface area contributed by atoms with Crippen molar-refractivity contribution in [2.24, 2.45) is 7.05 Å². The maximum atomic E-state index is 5.62. The fraction of sp³-hybridized carbons (Fsp3) is 0.529. The first kappa shape index (κ1) is 16.4. The molecule has 0 spiro atoms. The third-order valence-electron chi connectivity index (χ3n) is 4.34. The molecule has 7 nitrogen and oxygen atoms in total. The van der Waals surface area contributed by atoms with E-state index in [0.717, 1.165) is 23.8 Å². The van der Waals surface area contributed by atoms with Gasteiger partial charge in [0.15, 0.2) is 17.2 Å². The Labute approximate surface area is 141 Å². The van der Waals surface area contributed by atoms with Crippen molar-refractivity contribution in [3.05, 3.63) is 28.7 Å². The molecule has 0 amide bonds. The van der Waals surface area contributed by atoms with E-state index in [0.29, 0.717) is 22.9 Å². The summed E-state index contributed by atoms with van der Waals surface area (Å²) in [6.07, 6.45) is 0. The molecule has 0 radical (unpaired) electrons. The predicted molar refractivity (Wildman–Crippen MR) is 93.1 cm³/mol. The van der Waals surface area contributed by atoms with Gasteiger partial charge in [-0.3, -0.25) is 4.68 Å². The number of oxazole rings is 1. The van der Waals surface area contributed by atoms with Gasteiger partial charge in [0, 0.05) is 37.8 Å². The third kappa shape index (κ3) is 2.74. The van der Waals surface area contributed by atoms with Gasteiger partial charge >= 0.3 is 0 Å². The molecule has 3 aromatic rings. The van der Waals surface area contributed by atoms with E-state index < -0.39 is 0 Å². The van der Waals surface area contributed by atoms with Crippen molar-refractivity contribution in [1.29, 1.82) is 0 Å². The van der Waals surface area contributed by atoms with Crippen molar-refractivity contribution in [3.8, 4) is 0 Å². The zero-order valence-corrected chi connectivity index (χ0v) is 15.4. The zero-order chi connectivity index (χ0) is 17.6. The van der Waals surface area contributed by atoms with E-state index >= 15 is 0 Å². The molecule has 0 atom stereocenters. The second-order valence-corrected chi connectivity index (χ2v) is 6.48. The highest BCUT2D eigenvalue weighted by Crippen LogP contribution is 2.28. The third-order valence-corrected chi connectivity index (χ3v) is 4.34. The highest BCUT2D eigenvalue weighted by atomic mass is 16.4. The molecule has 0 aromatic carbocycles. The number of aromatic nitrogens is 5. The van der Waals surface area contributed by atoms with E-state index in [9.17, 15) is 0 Å². The summed E-state index contributed by atoms with van der Waals surface area (Å²) in [4.78, 5) is 15.8. The molecule has 0 aliphatic carbocycles. The maximum Gasteiger partial charge on any atom is 0.252 e. The lowest BCUT2D eigenvalue weighted by atomic mass is 10.1. The Balaban J connectivity index is 2.12. The van der Waals surface area contributed by atoms with Gasteiger partial charge in [-0.1, -0.05) is 0 Å². The molecule has 3 heterocycles. The topological polar surface area (TPSA) is 72.9 Å². The number of rotatable bonds is 4. The number of anilines is 1. The van der Waals surface area contributed by atoms with Gasteiger partial charge in [-0.05, 0) is 34.6 Å². The van der Waals surface area contributed by atoms with E-state index in [1.165, 1.54) is 5.56 Å². The summed E-state index contributed by atoms with van der Waals surface area (Å²) in [5, 5.41) is 4.52. The monoisotopic (exact) mass is 328 g/mol. The van der Waals surface area contributed by atoms with E-state index in [-0.39, 0.29) is 6.04 Å². The molecule has 7 heteroatoms. The van der Waals surface area contributed by atoms with Crippen molar-refractivity contribution >= 4 is 17.0 Å². The summed E-state index contributed by atoms with van der Waals surface area (Å²) < 4.78 is 7.54. The molecule has 0 aliphatic heterocycles. The largest absolute Gasteiger partial charge is 0.422 e. The van der Waals surface area contributed by atoms with Gasteiger partial charge in [0.25, 0.3) is 5.71 Å². The molecule has 0 unspecified atom stereocenters. The fourth-order valence-corrected chi connectivity index (χ4v) is 2.93. The van der Waals surface area contributed by atoms with E-state index in [1.807, 2.05) is 32.5 Å². The molecule has 24 heavy (non-hydrogen) atoms. The van der Waals surface area contributed by atoms with Crippen LogP contribution in [0.25, 0.3) is 11.2 Å². The molecule has 0 saturated heterocycles. The first-order chi connectivity index (χ1) is 11.3. The lowest BCUT2D eigenvalue weighted by molar-refractivity contribution is 0.550. The van der Waals surface area contributed by atoms with Gasteiger partial charge in [-0.25, -0.2) is 9.97 Å². The van der Waals surface area contributed by atoms with Crippen molar-refractivity contribution < 1.29 is 4.42 Å². The second-order valence-electron chi connectivity index (χ2n) is 6.48. The highest BCUT2D eigenvalue weighted by Gasteiger charge is 2.23. The summed E-state index contributed by atoms with van der Waals surface area (Å²) in [6.45, 7) is 12.9. The average molecular weight is 328 g/mol. The molecule has 0 N–H and O–H groups in total. The average Bonchev–Trinajstić information content (AvgIpc) is 2.96. The quantitative estimate of drug-likeness (QED) is 0.733. The first-order valence-electron chi connectivity index (χ1n) is 8.15. The standard InChI is InChI=1S/C17H24N6O/c1-9(2)23(8-14-10(3)21-22(7)11(14)4)16-15-17(19-12(5)18-16)24-13(6)20-15/h9H,8H2,1-7H3. The SMILES string of the molecule is Cc1nc(N(Cc2c(C)nn(C)c2C)C(C)C)c2nc(C)oc2n1. The lowest BCUT2D eigenvalue weighted by Gasteiger charge is -2.28. The summed E-state index contributed by atoms with van der Waals surface area (Å²) in [5.41, 5.74) is 4.68. The number of hydrogen-bond acceptors (Lipinski definition) is 6. The van der Waals surface area contributed by atoms with E-state index in [1.54, 1.807) is 0 Å². The molecule has 0 bridgehead atoms. The maximum absolute atomic E-state index is 5.62. The van der Waals surface area contributed by atoms with Crippen LogP contribution in [-0.2, 0) is 13.6 Å². The highest BCUT2D eigenvalue weighted by molar-refractivity contribution is 5.82. The minimum Gasteiger partial charge on any atom is -0.422 e. The Hall–Kier alpha value is -2.44. The molecule has 3 aromatic heterocycles. The Bertz CT molecular complexity index is 892. The molecular weight excluding hydrogens is 304 g/mol. The van der Waals surface area contributed by atoms with Crippen molar-refractivity contribution in [2.45, 2.75) is 54.1 Å². The van der Waals surface area contributed by atoms with E-state index in [2.05, 4.69) is 45.7 Å². The zero-order valence-electron chi connectivity index (χ0n) is 15.4. The minimum atomic E-state index is 0.249. The molecule has 128 valence electrons. The smallest absolute Gasteiger partial charge is 0.252 e. The Morgan fingerprint density at radius 1 is 1.08 bits per heavy atom. The first-order valence-corrected chi connectivity index (χ1v) is 8.15. The van der Waals surface area contributed by atoms with Crippen LogP contribution in [0.3, 0.4) is 0 Å². The Kier molecular flexibility index (Phi) is 4.03. The summed E-state index contributed by atoms with van der Waals surface area (Å²) >= 11 is 0. The fourth-order valence-electron chi connectivity index (χ4n) is 2.93. The Morgan fingerprint density at radius 3 is 2.38 bits per heavy atom. The molecule has 3 rings (SSSR count). The summed E-state index contributed by atoms with van der Waals surface area (Å²) in [5.74, 6) is 2.09. The van der Waals surface area contributed by atoms with Crippen LogP contribution in [0.2, 0.25) is 0 Å². The molecule has 0 fully saturated rings. The number of aryl methyl sites for hydroxylation is 4. The predicted octanol–water partition coefficient (Wildman–Crippen LogP) is 3.00.